The summed E-state index contributed by atoms with van der Waals surface area (Å²) in [5, 5.41) is 4.29. The van der Waals surface area contributed by atoms with Crippen molar-refractivity contribution < 1.29 is 13.2 Å². The molecule has 2 aromatic carbocycles. The van der Waals surface area contributed by atoms with Gasteiger partial charge in [-0.2, -0.15) is 5.10 Å². The first-order valence-corrected chi connectivity index (χ1v) is 10.9. The van der Waals surface area contributed by atoms with Crippen LogP contribution >= 0.6 is 0 Å². The zero-order valence-electron chi connectivity index (χ0n) is 16.1. The van der Waals surface area contributed by atoms with Crippen molar-refractivity contribution in [3.8, 4) is 5.69 Å². The van der Waals surface area contributed by atoms with Gasteiger partial charge in [-0.3, -0.25) is 4.79 Å². The molecule has 0 unspecified atom stereocenters. The number of para-hydroxylation sites is 1. The number of benzene rings is 2. The third-order valence-electron chi connectivity index (χ3n) is 4.98. The van der Waals surface area contributed by atoms with Gasteiger partial charge in [0.1, 0.15) is 0 Å². The van der Waals surface area contributed by atoms with Crippen molar-refractivity contribution in [2.75, 3.05) is 11.4 Å². The highest BCUT2D eigenvalue weighted by Crippen LogP contribution is 2.29. The largest absolute Gasteiger partial charge is 0.312 e. The Labute approximate surface area is 170 Å². The van der Waals surface area contributed by atoms with Gasteiger partial charge in [0.05, 0.1) is 16.8 Å². The lowest BCUT2D eigenvalue weighted by atomic mass is 10.0. The van der Waals surface area contributed by atoms with Gasteiger partial charge in [0.15, 0.2) is 0 Å². The van der Waals surface area contributed by atoms with Crippen LogP contribution in [-0.2, 0) is 27.8 Å². The van der Waals surface area contributed by atoms with Crippen molar-refractivity contribution in [3.05, 3.63) is 72.1 Å². The van der Waals surface area contributed by atoms with Crippen LogP contribution in [0.25, 0.3) is 5.69 Å². The Morgan fingerprint density at radius 1 is 1.17 bits per heavy atom. The van der Waals surface area contributed by atoms with Crippen LogP contribution in [0.5, 0.6) is 0 Å². The molecule has 7 nitrogen and oxygen atoms in total. The predicted molar refractivity (Wildman–Crippen MR) is 110 cm³/mol. The molecule has 4 rings (SSSR count). The Morgan fingerprint density at radius 3 is 2.72 bits per heavy atom. The van der Waals surface area contributed by atoms with E-state index in [0.717, 1.165) is 35.3 Å². The molecule has 1 N–H and O–H groups in total. The molecule has 1 amide bonds. The van der Waals surface area contributed by atoms with Gasteiger partial charge >= 0.3 is 0 Å². The maximum absolute atomic E-state index is 12.8. The highest BCUT2D eigenvalue weighted by molar-refractivity contribution is 7.89. The second-order valence-electron chi connectivity index (χ2n) is 7.02. The Kier molecular flexibility index (Phi) is 5.21. The average Bonchev–Trinajstić information content (AvgIpc) is 3.21. The smallest absolute Gasteiger partial charge is 0.240 e. The Bertz CT molecular complexity index is 1140. The van der Waals surface area contributed by atoms with Crippen LogP contribution in [0, 0.1) is 0 Å². The minimum absolute atomic E-state index is 0.0323. The molecule has 0 atom stereocenters. The number of carbonyl (C=O) groups is 1. The quantitative estimate of drug-likeness (QED) is 0.701. The molecule has 8 heteroatoms. The number of aromatic nitrogens is 2. The summed E-state index contributed by atoms with van der Waals surface area (Å²) in [6.45, 7) is 2.33. The van der Waals surface area contributed by atoms with Crippen molar-refractivity contribution in [2.24, 2.45) is 0 Å². The van der Waals surface area contributed by atoms with E-state index in [2.05, 4.69) is 9.82 Å². The van der Waals surface area contributed by atoms with Gasteiger partial charge in [-0.05, 0) is 48.7 Å². The lowest BCUT2D eigenvalue weighted by molar-refractivity contribution is -0.116. The fraction of sp³-hybridized carbons (Fsp3) is 0.238. The Balaban J connectivity index is 1.50. The van der Waals surface area contributed by atoms with E-state index in [0.29, 0.717) is 6.54 Å². The Hall–Kier alpha value is -2.97. The van der Waals surface area contributed by atoms with Crippen molar-refractivity contribution in [3.63, 3.8) is 0 Å². The molecule has 2 heterocycles. The predicted octanol–water partition coefficient (Wildman–Crippen LogP) is 2.65. The van der Waals surface area contributed by atoms with Crippen LogP contribution in [0.4, 0.5) is 5.69 Å². The normalized spacial score (nSPS) is 13.9. The van der Waals surface area contributed by atoms with E-state index in [1.165, 1.54) is 6.92 Å². The molecular weight excluding hydrogens is 388 g/mol. The molecule has 29 heavy (non-hydrogen) atoms. The first kappa shape index (κ1) is 19.4. The topological polar surface area (TPSA) is 84.3 Å². The van der Waals surface area contributed by atoms with Gasteiger partial charge in [-0.25, -0.2) is 17.8 Å². The van der Waals surface area contributed by atoms with Crippen molar-refractivity contribution in [2.45, 2.75) is 31.2 Å². The van der Waals surface area contributed by atoms with E-state index in [-0.39, 0.29) is 17.3 Å². The molecule has 0 aliphatic carbocycles. The van der Waals surface area contributed by atoms with E-state index in [9.17, 15) is 13.2 Å². The summed E-state index contributed by atoms with van der Waals surface area (Å²) in [4.78, 5) is 13.7. The maximum Gasteiger partial charge on any atom is 0.240 e. The van der Waals surface area contributed by atoms with Crippen LogP contribution in [-0.4, -0.2) is 30.7 Å². The number of rotatable bonds is 5. The van der Waals surface area contributed by atoms with E-state index in [4.69, 9.17) is 0 Å². The molecule has 3 aromatic rings. The van der Waals surface area contributed by atoms with Crippen LogP contribution in [0.2, 0.25) is 0 Å². The molecular formula is C21H22N4O3S. The molecule has 0 bridgehead atoms. The fourth-order valence-corrected chi connectivity index (χ4v) is 4.57. The van der Waals surface area contributed by atoms with Gasteiger partial charge in [-0.15, -0.1) is 0 Å². The number of sulfonamides is 1. The standard InChI is InChI=1S/C21H22N4O3S/c1-16(26)24-11-5-6-18-12-20(9-10-21(18)24)29(27,28)23-14-17-13-22-25(15-17)19-7-3-2-4-8-19/h2-4,7-10,12-13,15,23H,5-6,11,14H2,1H3. The number of anilines is 1. The average molecular weight is 410 g/mol. The summed E-state index contributed by atoms with van der Waals surface area (Å²) in [7, 11) is -3.68. The van der Waals surface area contributed by atoms with Gasteiger partial charge in [0.2, 0.25) is 15.9 Å². The Morgan fingerprint density at radius 2 is 1.97 bits per heavy atom. The number of hydrogen-bond donors (Lipinski definition) is 1. The van der Waals surface area contributed by atoms with Crippen LogP contribution in [0.3, 0.4) is 0 Å². The van der Waals surface area contributed by atoms with Crippen LogP contribution < -0.4 is 9.62 Å². The second-order valence-corrected chi connectivity index (χ2v) is 8.78. The van der Waals surface area contributed by atoms with E-state index >= 15 is 0 Å². The molecule has 1 aliphatic rings. The summed E-state index contributed by atoms with van der Waals surface area (Å²) >= 11 is 0. The van der Waals surface area contributed by atoms with Crippen molar-refractivity contribution in [1.82, 2.24) is 14.5 Å². The van der Waals surface area contributed by atoms with Gasteiger partial charge < -0.3 is 4.90 Å². The van der Waals surface area contributed by atoms with E-state index < -0.39 is 10.0 Å². The molecule has 0 fully saturated rings. The minimum Gasteiger partial charge on any atom is -0.312 e. The lowest BCUT2D eigenvalue weighted by Gasteiger charge is -2.28. The number of hydrogen-bond acceptors (Lipinski definition) is 4. The molecule has 1 aliphatic heterocycles. The highest BCUT2D eigenvalue weighted by atomic mass is 32.2. The summed E-state index contributed by atoms with van der Waals surface area (Å²) in [6, 6.07) is 14.6. The third kappa shape index (κ3) is 4.08. The molecule has 0 saturated heterocycles. The first-order valence-electron chi connectivity index (χ1n) is 9.44. The molecule has 150 valence electrons. The van der Waals surface area contributed by atoms with Gasteiger partial charge in [0, 0.05) is 37.5 Å². The number of aryl methyl sites for hydroxylation is 1. The number of carbonyl (C=O) groups excluding carboxylic acids is 1. The third-order valence-corrected chi connectivity index (χ3v) is 6.38. The number of nitrogens with zero attached hydrogens (tertiary/aromatic N) is 3. The molecule has 0 saturated carbocycles. The summed E-state index contributed by atoms with van der Waals surface area (Å²) in [6.07, 6.45) is 5.02. The second kappa shape index (κ2) is 7.81. The molecule has 0 radical (unpaired) electrons. The highest BCUT2D eigenvalue weighted by Gasteiger charge is 2.23. The number of amides is 1. The van der Waals surface area contributed by atoms with E-state index in [1.54, 1.807) is 40.2 Å². The number of nitrogens with one attached hydrogen (secondary N) is 1. The van der Waals surface area contributed by atoms with Crippen molar-refractivity contribution in [1.29, 1.82) is 0 Å². The monoisotopic (exact) mass is 410 g/mol. The van der Waals surface area contributed by atoms with Gasteiger partial charge in [-0.1, -0.05) is 18.2 Å². The lowest BCUT2D eigenvalue weighted by Crippen LogP contribution is -2.33. The van der Waals surface area contributed by atoms with Gasteiger partial charge in [0.25, 0.3) is 0 Å². The zero-order chi connectivity index (χ0) is 20.4. The summed E-state index contributed by atoms with van der Waals surface area (Å²) in [5.74, 6) is -0.0323. The SMILES string of the molecule is CC(=O)N1CCCc2cc(S(=O)(=O)NCc3cnn(-c4ccccc4)c3)ccc21. The zero-order valence-corrected chi connectivity index (χ0v) is 16.9. The summed E-state index contributed by atoms with van der Waals surface area (Å²) < 4.78 is 29.9. The molecule has 1 aromatic heterocycles. The maximum atomic E-state index is 12.8. The van der Waals surface area contributed by atoms with E-state index in [1.807, 2.05) is 30.3 Å². The molecule has 0 spiro atoms. The van der Waals surface area contributed by atoms with Crippen molar-refractivity contribution >= 4 is 21.6 Å². The first-order chi connectivity index (χ1) is 13.9. The van der Waals surface area contributed by atoms with Crippen LogP contribution in [0.1, 0.15) is 24.5 Å². The summed E-state index contributed by atoms with van der Waals surface area (Å²) in [5.41, 5.74) is 3.35. The fourth-order valence-electron chi connectivity index (χ4n) is 3.50. The minimum atomic E-state index is -3.68. The van der Waals surface area contributed by atoms with Crippen LogP contribution in [0.15, 0.2) is 65.8 Å². The number of fused-ring (bicyclic) bond motifs is 1.